The summed E-state index contributed by atoms with van der Waals surface area (Å²) in [7, 11) is 3.54. The molecule has 0 fully saturated rings. The van der Waals surface area contributed by atoms with Crippen molar-refractivity contribution in [3.63, 3.8) is 0 Å². The Morgan fingerprint density at radius 1 is 1.03 bits per heavy atom. The number of nitrogens with zero attached hydrogens (tertiary/aromatic N) is 4. The smallest absolute Gasteiger partial charge is 0.253 e. The lowest BCUT2D eigenvalue weighted by Crippen LogP contribution is -2.38. The molecule has 0 aliphatic rings. The summed E-state index contributed by atoms with van der Waals surface area (Å²) in [6.45, 7) is 5.04. The van der Waals surface area contributed by atoms with Crippen molar-refractivity contribution in [3.05, 3.63) is 89.5 Å². The van der Waals surface area contributed by atoms with E-state index in [2.05, 4.69) is 51.4 Å². The Bertz CT molecular complexity index is 1040. The minimum atomic E-state index is 0.0188. The van der Waals surface area contributed by atoms with E-state index in [1.54, 1.807) is 19.0 Å². The van der Waals surface area contributed by atoms with Gasteiger partial charge in [0.25, 0.3) is 5.91 Å². The van der Waals surface area contributed by atoms with E-state index in [1.165, 1.54) is 5.56 Å². The van der Waals surface area contributed by atoms with E-state index in [1.807, 2.05) is 42.7 Å². The number of nitrogens with one attached hydrogen (secondary N) is 2. The van der Waals surface area contributed by atoms with Gasteiger partial charge in [-0.2, -0.15) is 0 Å². The van der Waals surface area contributed by atoms with Gasteiger partial charge in [-0.1, -0.05) is 42.5 Å². The molecule has 7 heteroatoms. The molecule has 2 aromatic carbocycles. The maximum Gasteiger partial charge on any atom is 0.253 e. The van der Waals surface area contributed by atoms with Gasteiger partial charge < -0.3 is 20.1 Å². The van der Waals surface area contributed by atoms with Gasteiger partial charge in [0.2, 0.25) is 0 Å². The van der Waals surface area contributed by atoms with Crippen LogP contribution in [0, 0.1) is 0 Å². The van der Waals surface area contributed by atoms with Crippen LogP contribution >= 0.6 is 0 Å². The van der Waals surface area contributed by atoms with Crippen molar-refractivity contribution >= 4 is 11.9 Å². The van der Waals surface area contributed by atoms with E-state index in [-0.39, 0.29) is 5.91 Å². The molecule has 1 aromatic heterocycles. The standard InChI is InChI=1S/C26H34N6O/c1-4-27-26(29-15-13-21-11-8-12-23(19-21)25(33)31(2)3)30-16-14-24-28-17-18-32(24)20-22-9-6-5-7-10-22/h5-12,17-19H,4,13-16,20H2,1-3H3,(H2,27,29,30). The van der Waals surface area contributed by atoms with Crippen LogP contribution in [0.4, 0.5) is 0 Å². The number of benzene rings is 2. The monoisotopic (exact) mass is 446 g/mol. The van der Waals surface area contributed by atoms with E-state index in [0.29, 0.717) is 12.1 Å². The van der Waals surface area contributed by atoms with Crippen LogP contribution < -0.4 is 10.6 Å². The Hall–Kier alpha value is -3.61. The van der Waals surface area contributed by atoms with Gasteiger partial charge in [0, 0.05) is 64.7 Å². The van der Waals surface area contributed by atoms with Gasteiger partial charge in [0.05, 0.1) is 0 Å². The third-order valence-electron chi connectivity index (χ3n) is 5.23. The molecule has 3 rings (SSSR count). The number of guanidine groups is 1. The van der Waals surface area contributed by atoms with Crippen LogP contribution in [-0.2, 0) is 19.4 Å². The maximum atomic E-state index is 12.2. The third kappa shape index (κ3) is 7.49. The molecule has 3 aromatic rings. The molecule has 7 nitrogen and oxygen atoms in total. The second-order valence-electron chi connectivity index (χ2n) is 8.04. The molecule has 0 unspecified atom stereocenters. The number of hydrogen-bond donors (Lipinski definition) is 2. The Kier molecular flexibility index (Phi) is 9.06. The van der Waals surface area contributed by atoms with Gasteiger partial charge in [-0.15, -0.1) is 0 Å². The first-order valence-electron chi connectivity index (χ1n) is 11.4. The summed E-state index contributed by atoms with van der Waals surface area (Å²) in [5.74, 6) is 1.84. The predicted octanol–water partition coefficient (Wildman–Crippen LogP) is 2.97. The maximum absolute atomic E-state index is 12.2. The number of hydrogen-bond acceptors (Lipinski definition) is 3. The first-order valence-corrected chi connectivity index (χ1v) is 11.4. The Morgan fingerprint density at radius 2 is 1.82 bits per heavy atom. The number of imidazole rings is 1. The highest BCUT2D eigenvalue weighted by Crippen LogP contribution is 2.08. The molecule has 0 aliphatic carbocycles. The summed E-state index contributed by atoms with van der Waals surface area (Å²) in [5.41, 5.74) is 3.09. The number of aliphatic imine (C=N–C) groups is 1. The van der Waals surface area contributed by atoms with Crippen LogP contribution in [0.1, 0.15) is 34.2 Å². The fourth-order valence-corrected chi connectivity index (χ4v) is 3.55. The highest BCUT2D eigenvalue weighted by atomic mass is 16.2. The molecule has 2 N–H and O–H groups in total. The van der Waals surface area contributed by atoms with E-state index in [0.717, 1.165) is 49.8 Å². The minimum absolute atomic E-state index is 0.0188. The zero-order valence-electron chi connectivity index (χ0n) is 19.8. The molecule has 0 radical (unpaired) electrons. The Labute approximate surface area is 196 Å². The third-order valence-corrected chi connectivity index (χ3v) is 5.23. The number of carbonyl (C=O) groups excluding carboxylic acids is 1. The molecule has 33 heavy (non-hydrogen) atoms. The van der Waals surface area contributed by atoms with Gasteiger partial charge in [-0.3, -0.25) is 9.79 Å². The molecule has 0 saturated carbocycles. The average Bonchev–Trinajstić information content (AvgIpc) is 3.26. The van der Waals surface area contributed by atoms with E-state index < -0.39 is 0 Å². The summed E-state index contributed by atoms with van der Waals surface area (Å²) in [5, 5.41) is 6.69. The number of amides is 1. The summed E-state index contributed by atoms with van der Waals surface area (Å²) >= 11 is 0. The van der Waals surface area contributed by atoms with E-state index >= 15 is 0 Å². The predicted molar refractivity (Wildman–Crippen MR) is 134 cm³/mol. The highest BCUT2D eigenvalue weighted by molar-refractivity contribution is 5.94. The van der Waals surface area contributed by atoms with Crippen LogP contribution in [0.3, 0.4) is 0 Å². The molecule has 0 aliphatic heterocycles. The van der Waals surface area contributed by atoms with Gasteiger partial charge in [-0.25, -0.2) is 4.98 Å². The number of rotatable bonds is 10. The summed E-state index contributed by atoms with van der Waals surface area (Å²) in [4.78, 5) is 23.0. The average molecular weight is 447 g/mol. The van der Waals surface area contributed by atoms with Crippen LogP contribution in [0.15, 0.2) is 72.0 Å². The molecule has 0 atom stereocenters. The topological polar surface area (TPSA) is 74.5 Å². The normalized spacial score (nSPS) is 11.3. The number of aromatic nitrogens is 2. The fraction of sp³-hybridized carbons (Fsp3) is 0.346. The lowest BCUT2D eigenvalue weighted by atomic mass is 10.1. The lowest BCUT2D eigenvalue weighted by molar-refractivity contribution is 0.0827. The molecule has 1 amide bonds. The summed E-state index contributed by atoms with van der Waals surface area (Å²) in [6.07, 6.45) is 5.44. The Balaban J connectivity index is 1.52. The number of carbonyl (C=O) groups is 1. The minimum Gasteiger partial charge on any atom is -0.357 e. The molecular formula is C26H34N6O. The second-order valence-corrected chi connectivity index (χ2v) is 8.04. The molecule has 0 saturated heterocycles. The molecule has 1 heterocycles. The second kappa shape index (κ2) is 12.4. The van der Waals surface area contributed by atoms with E-state index in [9.17, 15) is 4.79 Å². The van der Waals surface area contributed by atoms with Gasteiger partial charge in [0.1, 0.15) is 5.82 Å². The van der Waals surface area contributed by atoms with Gasteiger partial charge in [-0.05, 0) is 36.6 Å². The summed E-state index contributed by atoms with van der Waals surface area (Å²) < 4.78 is 2.17. The van der Waals surface area contributed by atoms with Crippen molar-refractivity contribution in [2.75, 3.05) is 33.7 Å². The zero-order valence-corrected chi connectivity index (χ0v) is 19.8. The van der Waals surface area contributed by atoms with Crippen molar-refractivity contribution in [1.82, 2.24) is 25.1 Å². The van der Waals surface area contributed by atoms with Crippen molar-refractivity contribution in [1.29, 1.82) is 0 Å². The first kappa shape index (κ1) is 24.0. The quantitative estimate of drug-likeness (QED) is 0.371. The first-order chi connectivity index (χ1) is 16.1. The molecule has 174 valence electrons. The Morgan fingerprint density at radius 3 is 2.58 bits per heavy atom. The van der Waals surface area contributed by atoms with Crippen molar-refractivity contribution in [2.24, 2.45) is 4.99 Å². The lowest BCUT2D eigenvalue weighted by Gasteiger charge is -2.13. The molecule has 0 spiro atoms. The molecule has 0 bridgehead atoms. The summed E-state index contributed by atoms with van der Waals surface area (Å²) in [6, 6.07) is 18.2. The zero-order chi connectivity index (χ0) is 23.5. The van der Waals surface area contributed by atoms with Crippen molar-refractivity contribution in [3.8, 4) is 0 Å². The van der Waals surface area contributed by atoms with Crippen LogP contribution in [0.2, 0.25) is 0 Å². The van der Waals surface area contributed by atoms with Gasteiger partial charge >= 0.3 is 0 Å². The SMILES string of the molecule is CCNC(=NCCc1nccn1Cc1ccccc1)NCCc1cccc(C(=O)N(C)C)c1. The van der Waals surface area contributed by atoms with Crippen LogP contribution in [0.5, 0.6) is 0 Å². The van der Waals surface area contributed by atoms with Gasteiger partial charge in [0.15, 0.2) is 5.96 Å². The van der Waals surface area contributed by atoms with Crippen molar-refractivity contribution in [2.45, 2.75) is 26.3 Å². The fourth-order valence-electron chi connectivity index (χ4n) is 3.55. The van der Waals surface area contributed by atoms with Crippen molar-refractivity contribution < 1.29 is 4.79 Å². The van der Waals surface area contributed by atoms with E-state index in [4.69, 9.17) is 4.99 Å². The molecular weight excluding hydrogens is 412 g/mol. The largest absolute Gasteiger partial charge is 0.357 e. The van der Waals surface area contributed by atoms with Crippen LogP contribution in [-0.4, -0.2) is 60.0 Å². The highest BCUT2D eigenvalue weighted by Gasteiger charge is 2.08. The van der Waals surface area contributed by atoms with Crippen LogP contribution in [0.25, 0.3) is 0 Å².